The van der Waals surface area contributed by atoms with E-state index in [-0.39, 0.29) is 14.1 Å². The lowest BCUT2D eigenvalue weighted by molar-refractivity contribution is 1.07. The van der Waals surface area contributed by atoms with Crippen molar-refractivity contribution in [3.63, 3.8) is 0 Å². The Labute approximate surface area is 170 Å². The Kier molecular flexibility index (Phi) is 7.20. The SMILES string of the molecule is Cc1cc(C)c(N2[C]N(c3c(C)cc(C)cc3C)C=C2)c(C)c1.[CH3][Al]([CH3])[CH3]. The molecule has 2 aromatic carbocycles. The Morgan fingerprint density at radius 1 is 0.593 bits per heavy atom. The maximum absolute atomic E-state index is 3.48. The zero-order valence-corrected chi connectivity index (χ0v) is 19.6. The van der Waals surface area contributed by atoms with E-state index < -0.39 is 0 Å². The molecule has 3 rings (SSSR count). The van der Waals surface area contributed by atoms with Gasteiger partial charge in [0.25, 0.3) is 14.1 Å². The number of nitrogens with zero attached hydrogens (tertiary/aromatic N) is 2. The normalized spacial score (nSPS) is 12.9. The van der Waals surface area contributed by atoms with Crippen LogP contribution in [0.1, 0.15) is 33.4 Å². The van der Waals surface area contributed by atoms with Crippen LogP contribution in [0.2, 0.25) is 17.4 Å². The highest BCUT2D eigenvalue weighted by Gasteiger charge is 2.22. The molecule has 142 valence electrons. The lowest BCUT2D eigenvalue weighted by atomic mass is 10.0. The van der Waals surface area contributed by atoms with Crippen molar-refractivity contribution in [3.05, 3.63) is 76.7 Å². The Morgan fingerprint density at radius 3 is 1.11 bits per heavy atom. The highest BCUT2D eigenvalue weighted by Crippen LogP contribution is 2.35. The quantitative estimate of drug-likeness (QED) is 0.538. The van der Waals surface area contributed by atoms with Gasteiger partial charge in [0.05, 0.1) is 0 Å². The fourth-order valence-corrected chi connectivity index (χ4v) is 3.67. The number of hydrogen-bond donors (Lipinski definition) is 0. The molecule has 2 nitrogen and oxygen atoms in total. The van der Waals surface area contributed by atoms with Crippen molar-refractivity contribution < 1.29 is 0 Å². The Balaban J connectivity index is 0.000000596. The first kappa shape index (κ1) is 21.6. The molecule has 0 aliphatic carbocycles. The molecule has 1 aliphatic heterocycles. The second-order valence-electron chi connectivity index (χ2n) is 8.36. The molecule has 1 heterocycles. The summed E-state index contributed by atoms with van der Waals surface area (Å²) >= 11 is -0.139. The number of rotatable bonds is 2. The molecule has 0 unspecified atom stereocenters. The van der Waals surface area contributed by atoms with E-state index in [0.29, 0.717) is 0 Å². The average molecular weight is 377 g/mol. The van der Waals surface area contributed by atoms with Crippen molar-refractivity contribution >= 4 is 25.5 Å². The number of anilines is 2. The molecular formula is C24H33AlN2. The summed E-state index contributed by atoms with van der Waals surface area (Å²) in [6.45, 7) is 16.4. The molecule has 1 aliphatic rings. The third-order valence-corrected chi connectivity index (χ3v) is 4.33. The third-order valence-electron chi connectivity index (χ3n) is 4.33. The Morgan fingerprint density at radius 2 is 0.852 bits per heavy atom. The van der Waals surface area contributed by atoms with Gasteiger partial charge >= 0.3 is 0 Å². The lowest BCUT2D eigenvalue weighted by Crippen LogP contribution is -2.21. The van der Waals surface area contributed by atoms with E-state index in [1.54, 1.807) is 0 Å². The van der Waals surface area contributed by atoms with Crippen LogP contribution in [0.25, 0.3) is 0 Å². The van der Waals surface area contributed by atoms with Crippen molar-refractivity contribution in [2.75, 3.05) is 9.80 Å². The van der Waals surface area contributed by atoms with Crippen LogP contribution in [0.5, 0.6) is 0 Å². The van der Waals surface area contributed by atoms with Gasteiger partial charge in [-0.2, -0.15) is 0 Å². The van der Waals surface area contributed by atoms with Crippen LogP contribution in [0, 0.1) is 48.2 Å². The van der Waals surface area contributed by atoms with Crippen LogP contribution in [-0.2, 0) is 0 Å². The van der Waals surface area contributed by atoms with E-state index >= 15 is 0 Å². The lowest BCUT2D eigenvalue weighted by Gasteiger charge is -2.25. The molecule has 0 aromatic heterocycles. The van der Waals surface area contributed by atoms with Crippen molar-refractivity contribution in [2.24, 2.45) is 0 Å². The van der Waals surface area contributed by atoms with E-state index in [2.05, 4.69) is 112 Å². The maximum atomic E-state index is 3.48. The molecule has 0 spiro atoms. The molecular weight excluding hydrogens is 343 g/mol. The van der Waals surface area contributed by atoms with E-state index in [4.69, 9.17) is 0 Å². The van der Waals surface area contributed by atoms with Gasteiger partial charge < -0.3 is 9.80 Å². The molecule has 0 bridgehead atoms. The molecule has 0 fully saturated rings. The van der Waals surface area contributed by atoms with E-state index in [1.807, 2.05) is 0 Å². The molecule has 0 amide bonds. The van der Waals surface area contributed by atoms with Gasteiger partial charge in [-0.3, -0.25) is 0 Å². The van der Waals surface area contributed by atoms with Gasteiger partial charge in [-0.25, -0.2) is 0 Å². The van der Waals surface area contributed by atoms with Crippen LogP contribution < -0.4 is 9.80 Å². The molecule has 0 saturated carbocycles. The molecule has 27 heavy (non-hydrogen) atoms. The number of benzene rings is 2. The molecule has 3 heteroatoms. The van der Waals surface area contributed by atoms with Crippen molar-refractivity contribution in [1.29, 1.82) is 0 Å². The standard InChI is InChI=1S/C21H24N2.3CH3.Al/c1-14-9-16(3)20(17(4)10-14)22-7-8-23(13-22)21-18(5)11-15(2)12-19(21)6;;;;/h7-12H,1-6H3;3*1H3;. The highest BCUT2D eigenvalue weighted by molar-refractivity contribution is 6.54. The van der Waals surface area contributed by atoms with Crippen LogP contribution in [-0.4, -0.2) is 14.1 Å². The summed E-state index contributed by atoms with van der Waals surface area (Å²) < 4.78 is 0. The van der Waals surface area contributed by atoms with Gasteiger partial charge in [-0.15, -0.1) is 17.4 Å². The van der Waals surface area contributed by atoms with E-state index in [1.165, 1.54) is 44.8 Å². The molecule has 0 atom stereocenters. The summed E-state index contributed by atoms with van der Waals surface area (Å²) in [7, 11) is 0. The average Bonchev–Trinajstić information content (AvgIpc) is 2.93. The van der Waals surface area contributed by atoms with Gasteiger partial charge in [0.1, 0.15) is 0 Å². The van der Waals surface area contributed by atoms with Crippen LogP contribution in [0.4, 0.5) is 11.4 Å². The third kappa shape index (κ3) is 5.41. The molecule has 2 radical (unpaired) electrons. The topological polar surface area (TPSA) is 6.48 Å². The summed E-state index contributed by atoms with van der Waals surface area (Å²) in [5.74, 6) is 6.92. The largest absolute Gasteiger partial charge is 0.315 e. The Bertz CT molecular complexity index is 722. The summed E-state index contributed by atoms with van der Waals surface area (Å²) in [5, 5.41) is 0. The molecule has 0 saturated heterocycles. The van der Waals surface area contributed by atoms with Gasteiger partial charge in [0.15, 0.2) is 0 Å². The van der Waals surface area contributed by atoms with Crippen LogP contribution in [0.3, 0.4) is 0 Å². The second-order valence-corrected chi connectivity index (χ2v) is 11.8. The van der Waals surface area contributed by atoms with Crippen LogP contribution in [0.15, 0.2) is 36.7 Å². The first-order valence-electron chi connectivity index (χ1n) is 9.79. The van der Waals surface area contributed by atoms with Gasteiger partial charge in [0.2, 0.25) is 6.67 Å². The molecule has 0 N–H and O–H groups in total. The number of hydrogen-bond acceptors (Lipinski definition) is 2. The first-order chi connectivity index (χ1) is 12.6. The molecule has 2 aromatic rings. The smallest absolute Gasteiger partial charge is 0.251 e. The minimum atomic E-state index is -0.139. The van der Waals surface area contributed by atoms with Gasteiger partial charge in [-0.1, -0.05) is 35.4 Å². The summed E-state index contributed by atoms with van der Waals surface area (Å²) in [6, 6.07) is 8.90. The summed E-state index contributed by atoms with van der Waals surface area (Å²) in [4.78, 5) is 4.20. The monoisotopic (exact) mass is 376 g/mol. The summed E-state index contributed by atoms with van der Waals surface area (Å²) in [6.07, 6.45) is 4.17. The van der Waals surface area contributed by atoms with Gasteiger partial charge in [0, 0.05) is 23.8 Å². The van der Waals surface area contributed by atoms with E-state index in [0.717, 1.165) is 0 Å². The zero-order valence-electron chi connectivity index (χ0n) is 18.4. The zero-order chi connectivity index (χ0) is 20.3. The minimum absolute atomic E-state index is 0.139. The Hall–Kier alpha value is -1.69. The second kappa shape index (κ2) is 9.00. The van der Waals surface area contributed by atoms with Crippen LogP contribution >= 0.6 is 0 Å². The fourth-order valence-electron chi connectivity index (χ4n) is 3.67. The van der Waals surface area contributed by atoms with Gasteiger partial charge in [-0.05, 0) is 63.8 Å². The van der Waals surface area contributed by atoms with Crippen molar-refractivity contribution in [1.82, 2.24) is 0 Å². The fraction of sp³-hybridized carbons (Fsp3) is 0.375. The minimum Gasteiger partial charge on any atom is -0.315 e. The highest BCUT2D eigenvalue weighted by atomic mass is 27.2. The predicted molar refractivity (Wildman–Crippen MR) is 122 cm³/mol. The van der Waals surface area contributed by atoms with Crippen molar-refractivity contribution in [3.8, 4) is 0 Å². The predicted octanol–water partition coefficient (Wildman–Crippen LogP) is 6.70. The first-order valence-corrected chi connectivity index (χ1v) is 13.2. The van der Waals surface area contributed by atoms with E-state index in [9.17, 15) is 0 Å². The maximum Gasteiger partial charge on any atom is 0.251 e. The number of aryl methyl sites for hydroxylation is 6. The van der Waals surface area contributed by atoms with Crippen molar-refractivity contribution in [2.45, 2.75) is 58.9 Å². The summed E-state index contributed by atoms with van der Waals surface area (Å²) in [5.41, 5.74) is 10.1.